The molecule has 0 saturated heterocycles. The summed E-state index contributed by atoms with van der Waals surface area (Å²) in [5.74, 6) is -0.0943. The third-order valence-corrected chi connectivity index (χ3v) is 5.14. The maximum Gasteiger partial charge on any atom is 0.349 e. The van der Waals surface area contributed by atoms with Crippen LogP contribution in [0.25, 0.3) is 0 Å². The van der Waals surface area contributed by atoms with Crippen LogP contribution in [0, 0.1) is 6.92 Å². The van der Waals surface area contributed by atoms with Crippen molar-refractivity contribution in [2.45, 2.75) is 6.92 Å². The van der Waals surface area contributed by atoms with Gasteiger partial charge in [-0.25, -0.2) is 4.79 Å². The molecule has 0 aliphatic carbocycles. The van der Waals surface area contributed by atoms with Gasteiger partial charge in [-0.15, -0.1) is 0 Å². The highest BCUT2D eigenvalue weighted by atomic mass is 79.9. The van der Waals surface area contributed by atoms with E-state index in [0.717, 1.165) is 10.0 Å². The molecule has 1 N–H and O–H groups in total. The van der Waals surface area contributed by atoms with Gasteiger partial charge < -0.3 is 14.8 Å². The molecule has 0 aliphatic heterocycles. The van der Waals surface area contributed by atoms with Gasteiger partial charge in [0.1, 0.15) is 11.5 Å². The lowest BCUT2D eigenvalue weighted by Crippen LogP contribution is -2.18. The summed E-state index contributed by atoms with van der Waals surface area (Å²) in [5.41, 5.74) is 1.84. The van der Waals surface area contributed by atoms with Gasteiger partial charge in [0.2, 0.25) is 0 Å². The summed E-state index contributed by atoms with van der Waals surface area (Å²) >= 11 is 15.4. The van der Waals surface area contributed by atoms with E-state index in [-0.39, 0.29) is 12.5 Å². The summed E-state index contributed by atoms with van der Waals surface area (Å²) in [7, 11) is 0. The number of benzene rings is 3. The van der Waals surface area contributed by atoms with Crippen LogP contribution in [0.5, 0.6) is 11.5 Å². The Bertz CT molecular complexity index is 1090. The smallest absolute Gasteiger partial charge is 0.349 e. The predicted molar refractivity (Wildman–Crippen MR) is 121 cm³/mol. The molecule has 0 fully saturated rings. The van der Waals surface area contributed by atoms with E-state index in [9.17, 15) is 9.59 Å². The van der Waals surface area contributed by atoms with Crippen LogP contribution < -0.4 is 14.8 Å². The van der Waals surface area contributed by atoms with Crippen LogP contribution in [0.1, 0.15) is 15.9 Å². The summed E-state index contributed by atoms with van der Waals surface area (Å²) in [4.78, 5) is 24.4. The summed E-state index contributed by atoms with van der Waals surface area (Å²) in [5, 5.41) is 3.52. The molecule has 0 heterocycles. The van der Waals surface area contributed by atoms with E-state index in [1.165, 1.54) is 24.3 Å². The van der Waals surface area contributed by atoms with E-state index in [2.05, 4.69) is 21.2 Å². The number of nitrogens with one attached hydrogen (secondary N) is 1. The number of amides is 1. The predicted octanol–water partition coefficient (Wildman–Crippen LogP) is 6.30. The van der Waals surface area contributed by atoms with Crippen molar-refractivity contribution in [2.24, 2.45) is 0 Å². The zero-order valence-electron chi connectivity index (χ0n) is 15.7. The first-order chi connectivity index (χ1) is 14.3. The van der Waals surface area contributed by atoms with E-state index in [4.69, 9.17) is 32.7 Å². The Balaban J connectivity index is 1.56. The number of hydrogen-bond donors (Lipinski definition) is 1. The summed E-state index contributed by atoms with van der Waals surface area (Å²) in [6.07, 6.45) is 0. The highest BCUT2D eigenvalue weighted by molar-refractivity contribution is 9.10. The Morgan fingerprint density at radius 3 is 2.43 bits per heavy atom. The van der Waals surface area contributed by atoms with E-state index >= 15 is 0 Å². The second-order valence-corrected chi connectivity index (χ2v) is 8.00. The molecule has 0 saturated carbocycles. The third-order valence-electron chi connectivity index (χ3n) is 3.96. The SMILES string of the molecule is Cc1ccc(OCC(=O)Oc2ccc(C(=O)Nc3cc(Cl)ccc3Cl)cc2)c(Br)c1. The van der Waals surface area contributed by atoms with Crippen molar-refractivity contribution in [1.82, 2.24) is 0 Å². The van der Waals surface area contributed by atoms with Crippen molar-refractivity contribution in [3.8, 4) is 11.5 Å². The lowest BCUT2D eigenvalue weighted by Gasteiger charge is -2.10. The molecule has 3 rings (SSSR count). The van der Waals surface area contributed by atoms with Gasteiger partial charge in [0, 0.05) is 10.6 Å². The van der Waals surface area contributed by atoms with Gasteiger partial charge in [-0.1, -0.05) is 29.3 Å². The van der Waals surface area contributed by atoms with E-state index in [1.807, 2.05) is 19.1 Å². The van der Waals surface area contributed by atoms with Crippen molar-refractivity contribution in [1.29, 1.82) is 0 Å². The molecule has 0 spiro atoms. The molecule has 1 amide bonds. The topological polar surface area (TPSA) is 64.6 Å². The van der Waals surface area contributed by atoms with Crippen LogP contribution in [-0.4, -0.2) is 18.5 Å². The van der Waals surface area contributed by atoms with Crippen LogP contribution in [0.4, 0.5) is 5.69 Å². The summed E-state index contributed by atoms with van der Waals surface area (Å²) in [6.45, 7) is 1.70. The Kier molecular flexibility index (Phi) is 7.37. The highest BCUT2D eigenvalue weighted by Gasteiger charge is 2.12. The molecule has 154 valence electrons. The Labute approximate surface area is 192 Å². The molecule has 3 aromatic carbocycles. The van der Waals surface area contributed by atoms with Crippen LogP contribution in [0.2, 0.25) is 10.0 Å². The molecular weight excluding hydrogens is 493 g/mol. The first-order valence-corrected chi connectivity index (χ1v) is 10.3. The molecule has 0 atom stereocenters. The number of hydrogen-bond acceptors (Lipinski definition) is 4. The second-order valence-electron chi connectivity index (χ2n) is 6.30. The van der Waals surface area contributed by atoms with Gasteiger partial charge in [-0.05, 0) is 83.0 Å². The standard InChI is InChI=1S/C22H16BrCl2NO4/c1-13-2-9-20(17(23)10-13)29-12-21(27)30-16-6-3-14(4-7-16)22(28)26-19-11-15(24)5-8-18(19)25/h2-11H,12H2,1H3,(H,26,28). The fourth-order valence-corrected chi connectivity index (χ4v) is 3.43. The molecule has 0 radical (unpaired) electrons. The van der Waals surface area contributed by atoms with Crippen molar-refractivity contribution in [3.05, 3.63) is 86.3 Å². The number of aryl methyl sites for hydroxylation is 1. The maximum absolute atomic E-state index is 12.4. The lowest BCUT2D eigenvalue weighted by molar-refractivity contribution is -0.136. The van der Waals surface area contributed by atoms with Crippen LogP contribution >= 0.6 is 39.1 Å². The minimum atomic E-state index is -0.564. The Morgan fingerprint density at radius 1 is 1.00 bits per heavy atom. The number of halogens is 3. The molecule has 5 nitrogen and oxygen atoms in total. The molecule has 0 unspecified atom stereocenters. The van der Waals surface area contributed by atoms with Crippen molar-refractivity contribution in [3.63, 3.8) is 0 Å². The van der Waals surface area contributed by atoms with Gasteiger partial charge in [0.05, 0.1) is 15.2 Å². The average molecular weight is 509 g/mol. The molecule has 0 aliphatic rings. The maximum atomic E-state index is 12.4. The normalized spacial score (nSPS) is 10.4. The monoisotopic (exact) mass is 507 g/mol. The first kappa shape index (κ1) is 22.2. The highest BCUT2D eigenvalue weighted by Crippen LogP contribution is 2.27. The zero-order valence-corrected chi connectivity index (χ0v) is 18.8. The van der Waals surface area contributed by atoms with Crippen LogP contribution in [0.15, 0.2) is 65.1 Å². The summed E-state index contributed by atoms with van der Waals surface area (Å²) in [6, 6.07) is 16.4. The van der Waals surface area contributed by atoms with Crippen molar-refractivity contribution < 1.29 is 19.1 Å². The van der Waals surface area contributed by atoms with E-state index in [0.29, 0.717) is 32.8 Å². The van der Waals surface area contributed by atoms with Gasteiger partial charge in [-0.2, -0.15) is 0 Å². The van der Waals surface area contributed by atoms with E-state index in [1.54, 1.807) is 24.3 Å². The molecule has 30 heavy (non-hydrogen) atoms. The van der Waals surface area contributed by atoms with Crippen molar-refractivity contribution in [2.75, 3.05) is 11.9 Å². The quantitative estimate of drug-likeness (QED) is 0.313. The molecule has 0 bridgehead atoms. The number of carbonyl (C=O) groups excluding carboxylic acids is 2. The number of anilines is 1. The van der Waals surface area contributed by atoms with Gasteiger partial charge in [0.15, 0.2) is 6.61 Å². The molecule has 8 heteroatoms. The minimum absolute atomic E-state index is 0.253. The van der Waals surface area contributed by atoms with Gasteiger partial charge >= 0.3 is 5.97 Å². The Morgan fingerprint density at radius 2 is 1.73 bits per heavy atom. The third kappa shape index (κ3) is 5.98. The number of carbonyl (C=O) groups is 2. The number of esters is 1. The van der Waals surface area contributed by atoms with Gasteiger partial charge in [-0.3, -0.25) is 4.79 Å². The lowest BCUT2D eigenvalue weighted by atomic mass is 10.2. The molecule has 0 aromatic heterocycles. The number of ether oxygens (including phenoxy) is 2. The largest absolute Gasteiger partial charge is 0.481 e. The molecular formula is C22H16BrCl2NO4. The fraction of sp³-hybridized carbons (Fsp3) is 0.0909. The number of rotatable bonds is 6. The van der Waals surface area contributed by atoms with Crippen molar-refractivity contribution >= 4 is 56.7 Å². The minimum Gasteiger partial charge on any atom is -0.481 e. The van der Waals surface area contributed by atoms with Gasteiger partial charge in [0.25, 0.3) is 5.91 Å². The van der Waals surface area contributed by atoms with E-state index < -0.39 is 5.97 Å². The molecule has 3 aromatic rings. The zero-order chi connectivity index (χ0) is 21.7. The van der Waals surface area contributed by atoms with Crippen LogP contribution in [-0.2, 0) is 4.79 Å². The fourth-order valence-electron chi connectivity index (χ4n) is 2.48. The average Bonchev–Trinajstić information content (AvgIpc) is 2.70. The second kappa shape index (κ2) is 9.98. The van der Waals surface area contributed by atoms with Crippen LogP contribution in [0.3, 0.4) is 0 Å². The summed E-state index contributed by atoms with van der Waals surface area (Å²) < 4.78 is 11.5. The first-order valence-electron chi connectivity index (χ1n) is 8.78. The Hall–Kier alpha value is -2.54.